The summed E-state index contributed by atoms with van der Waals surface area (Å²) in [4.78, 5) is 6.75. The zero-order chi connectivity index (χ0) is 11.5. The lowest BCUT2D eigenvalue weighted by Gasteiger charge is -2.23. The highest BCUT2D eigenvalue weighted by Gasteiger charge is 2.08. The molecule has 0 fully saturated rings. The Morgan fingerprint density at radius 2 is 1.88 bits per heavy atom. The molecule has 0 spiro atoms. The standard InChI is InChI=1S/C14H18N2/c1-4-16(5-2)14-9-8-13-12(11(14)3)7-6-10-15-13/h6-10H,4-5H2,1-3H3. The molecule has 0 saturated heterocycles. The molecule has 2 aromatic rings. The van der Waals surface area contributed by atoms with Gasteiger partial charge in [0.25, 0.3) is 0 Å². The minimum Gasteiger partial charge on any atom is -0.372 e. The molecule has 84 valence electrons. The van der Waals surface area contributed by atoms with Gasteiger partial charge in [-0.05, 0) is 44.5 Å². The number of pyridine rings is 1. The number of fused-ring (bicyclic) bond motifs is 1. The SMILES string of the molecule is CCN(CC)c1ccc2ncccc2c1C. The second-order valence-electron chi connectivity index (χ2n) is 3.95. The van der Waals surface area contributed by atoms with Gasteiger partial charge in [-0.25, -0.2) is 0 Å². The van der Waals surface area contributed by atoms with Gasteiger partial charge >= 0.3 is 0 Å². The fourth-order valence-corrected chi connectivity index (χ4v) is 2.20. The summed E-state index contributed by atoms with van der Waals surface area (Å²) in [6.45, 7) is 8.65. The Morgan fingerprint density at radius 1 is 1.12 bits per heavy atom. The van der Waals surface area contributed by atoms with Crippen LogP contribution in [0.2, 0.25) is 0 Å². The van der Waals surface area contributed by atoms with Crippen molar-refractivity contribution in [1.29, 1.82) is 0 Å². The van der Waals surface area contributed by atoms with Crippen molar-refractivity contribution < 1.29 is 0 Å². The number of hydrogen-bond donors (Lipinski definition) is 0. The minimum atomic E-state index is 1.04. The average Bonchev–Trinajstić information content (AvgIpc) is 2.34. The van der Waals surface area contributed by atoms with Gasteiger partial charge in [-0.3, -0.25) is 4.98 Å². The van der Waals surface area contributed by atoms with Crippen LogP contribution in [0.3, 0.4) is 0 Å². The fourth-order valence-electron chi connectivity index (χ4n) is 2.20. The van der Waals surface area contributed by atoms with Gasteiger partial charge in [-0.2, -0.15) is 0 Å². The normalized spacial score (nSPS) is 10.7. The number of aryl methyl sites for hydroxylation is 1. The number of hydrogen-bond acceptors (Lipinski definition) is 2. The van der Waals surface area contributed by atoms with E-state index >= 15 is 0 Å². The van der Waals surface area contributed by atoms with Crippen molar-refractivity contribution in [2.24, 2.45) is 0 Å². The maximum absolute atomic E-state index is 4.38. The van der Waals surface area contributed by atoms with Crippen LogP contribution in [0, 0.1) is 6.92 Å². The van der Waals surface area contributed by atoms with Crippen LogP contribution in [0.15, 0.2) is 30.5 Å². The zero-order valence-electron chi connectivity index (χ0n) is 10.2. The van der Waals surface area contributed by atoms with E-state index in [2.05, 4.69) is 48.9 Å². The first-order valence-electron chi connectivity index (χ1n) is 5.87. The molecule has 1 heterocycles. The van der Waals surface area contributed by atoms with E-state index in [1.54, 1.807) is 0 Å². The van der Waals surface area contributed by atoms with Crippen molar-refractivity contribution in [3.05, 3.63) is 36.0 Å². The number of anilines is 1. The van der Waals surface area contributed by atoms with E-state index in [-0.39, 0.29) is 0 Å². The van der Waals surface area contributed by atoms with E-state index in [0.717, 1.165) is 18.6 Å². The minimum absolute atomic E-state index is 1.04. The summed E-state index contributed by atoms with van der Waals surface area (Å²) in [6.07, 6.45) is 1.85. The Balaban J connectivity index is 2.60. The third-order valence-electron chi connectivity index (χ3n) is 3.13. The summed E-state index contributed by atoms with van der Waals surface area (Å²) < 4.78 is 0. The second-order valence-corrected chi connectivity index (χ2v) is 3.95. The lowest BCUT2D eigenvalue weighted by molar-refractivity contribution is 0.863. The summed E-state index contributed by atoms with van der Waals surface area (Å²) in [7, 11) is 0. The monoisotopic (exact) mass is 214 g/mol. The van der Waals surface area contributed by atoms with Crippen molar-refractivity contribution in [2.45, 2.75) is 20.8 Å². The van der Waals surface area contributed by atoms with E-state index in [1.807, 2.05) is 12.3 Å². The molecule has 0 bridgehead atoms. The van der Waals surface area contributed by atoms with Crippen LogP contribution in [0.25, 0.3) is 10.9 Å². The Labute approximate surface area is 96.9 Å². The summed E-state index contributed by atoms with van der Waals surface area (Å²) in [5.41, 5.74) is 3.73. The van der Waals surface area contributed by atoms with Crippen LogP contribution in [0.1, 0.15) is 19.4 Å². The molecule has 0 aliphatic rings. The Hall–Kier alpha value is -1.57. The van der Waals surface area contributed by atoms with Crippen LogP contribution < -0.4 is 4.90 Å². The summed E-state index contributed by atoms with van der Waals surface area (Å²) in [5, 5.41) is 1.26. The van der Waals surface area contributed by atoms with Gasteiger partial charge in [0.1, 0.15) is 0 Å². The van der Waals surface area contributed by atoms with Gasteiger partial charge in [0.2, 0.25) is 0 Å². The lowest BCUT2D eigenvalue weighted by atomic mass is 10.1. The van der Waals surface area contributed by atoms with E-state index in [0.29, 0.717) is 0 Å². The molecule has 1 aromatic carbocycles. The number of rotatable bonds is 3. The summed E-state index contributed by atoms with van der Waals surface area (Å²) >= 11 is 0. The molecule has 0 atom stereocenters. The van der Waals surface area contributed by atoms with Gasteiger partial charge < -0.3 is 4.90 Å². The molecule has 2 nitrogen and oxygen atoms in total. The van der Waals surface area contributed by atoms with Gasteiger partial charge in [-0.1, -0.05) is 6.07 Å². The molecule has 1 aromatic heterocycles. The predicted molar refractivity (Wildman–Crippen MR) is 70.0 cm³/mol. The molecule has 2 heteroatoms. The van der Waals surface area contributed by atoms with Gasteiger partial charge in [0, 0.05) is 30.4 Å². The molecule has 0 unspecified atom stereocenters. The van der Waals surface area contributed by atoms with Crippen LogP contribution in [0.5, 0.6) is 0 Å². The van der Waals surface area contributed by atoms with Crippen molar-refractivity contribution in [3.8, 4) is 0 Å². The Kier molecular flexibility index (Phi) is 3.09. The Morgan fingerprint density at radius 3 is 2.56 bits per heavy atom. The highest BCUT2D eigenvalue weighted by Crippen LogP contribution is 2.26. The van der Waals surface area contributed by atoms with Crippen molar-refractivity contribution in [2.75, 3.05) is 18.0 Å². The van der Waals surface area contributed by atoms with Crippen LogP contribution >= 0.6 is 0 Å². The van der Waals surface area contributed by atoms with Gasteiger partial charge in [0.15, 0.2) is 0 Å². The topological polar surface area (TPSA) is 16.1 Å². The maximum atomic E-state index is 4.38. The average molecular weight is 214 g/mol. The third kappa shape index (κ3) is 1.75. The molecule has 16 heavy (non-hydrogen) atoms. The summed E-state index contributed by atoms with van der Waals surface area (Å²) in [6, 6.07) is 8.43. The molecule has 0 radical (unpaired) electrons. The van der Waals surface area contributed by atoms with Gasteiger partial charge in [0.05, 0.1) is 5.52 Å². The van der Waals surface area contributed by atoms with E-state index in [9.17, 15) is 0 Å². The first-order valence-corrected chi connectivity index (χ1v) is 5.87. The van der Waals surface area contributed by atoms with E-state index < -0.39 is 0 Å². The highest BCUT2D eigenvalue weighted by molar-refractivity contribution is 5.87. The molecule has 0 amide bonds. The van der Waals surface area contributed by atoms with Crippen molar-refractivity contribution in [1.82, 2.24) is 4.98 Å². The predicted octanol–water partition coefficient (Wildman–Crippen LogP) is 3.39. The molecule has 0 aliphatic carbocycles. The molecule has 2 rings (SSSR count). The zero-order valence-corrected chi connectivity index (χ0v) is 10.2. The van der Waals surface area contributed by atoms with E-state index in [1.165, 1.54) is 16.6 Å². The maximum Gasteiger partial charge on any atom is 0.0706 e. The highest BCUT2D eigenvalue weighted by atomic mass is 15.1. The second kappa shape index (κ2) is 4.52. The molecule has 0 aliphatic heterocycles. The summed E-state index contributed by atoms with van der Waals surface area (Å²) in [5.74, 6) is 0. The van der Waals surface area contributed by atoms with Crippen molar-refractivity contribution in [3.63, 3.8) is 0 Å². The quantitative estimate of drug-likeness (QED) is 0.778. The molecule has 0 N–H and O–H groups in total. The number of nitrogens with zero attached hydrogens (tertiary/aromatic N) is 2. The van der Waals surface area contributed by atoms with Gasteiger partial charge in [-0.15, -0.1) is 0 Å². The Bertz CT molecular complexity index is 487. The molecule has 0 saturated carbocycles. The number of benzene rings is 1. The van der Waals surface area contributed by atoms with Crippen LogP contribution in [-0.4, -0.2) is 18.1 Å². The van der Waals surface area contributed by atoms with E-state index in [4.69, 9.17) is 0 Å². The third-order valence-corrected chi connectivity index (χ3v) is 3.13. The fraction of sp³-hybridized carbons (Fsp3) is 0.357. The molecular weight excluding hydrogens is 196 g/mol. The molecular formula is C14H18N2. The van der Waals surface area contributed by atoms with Crippen molar-refractivity contribution >= 4 is 16.6 Å². The largest absolute Gasteiger partial charge is 0.372 e. The first-order chi connectivity index (χ1) is 7.77. The van der Waals surface area contributed by atoms with Crippen LogP contribution in [-0.2, 0) is 0 Å². The lowest BCUT2D eigenvalue weighted by Crippen LogP contribution is -2.22. The smallest absolute Gasteiger partial charge is 0.0706 e. The number of aromatic nitrogens is 1. The first kappa shape index (κ1) is 10.9. The van der Waals surface area contributed by atoms with Crippen LogP contribution in [0.4, 0.5) is 5.69 Å².